The summed E-state index contributed by atoms with van der Waals surface area (Å²) in [6.45, 7) is 2.20. The molecular formula is C11H11NO2S2. The van der Waals surface area contributed by atoms with Crippen molar-refractivity contribution >= 4 is 39.2 Å². The minimum absolute atomic E-state index is 0.258. The van der Waals surface area contributed by atoms with Crippen LogP contribution in [0.4, 0.5) is 0 Å². The summed E-state index contributed by atoms with van der Waals surface area (Å²) in [6.07, 6.45) is 5.41. The van der Waals surface area contributed by atoms with Gasteiger partial charge in [-0.15, -0.1) is 23.1 Å². The molecule has 0 spiro atoms. The van der Waals surface area contributed by atoms with Gasteiger partial charge in [0.05, 0.1) is 16.4 Å². The summed E-state index contributed by atoms with van der Waals surface area (Å²) < 4.78 is 7.12. The highest BCUT2D eigenvalue weighted by Crippen LogP contribution is 2.36. The molecule has 0 radical (unpaired) electrons. The molecule has 0 atom stereocenters. The molecule has 0 amide bonds. The van der Waals surface area contributed by atoms with Gasteiger partial charge >= 0.3 is 5.97 Å². The van der Waals surface area contributed by atoms with Crippen LogP contribution in [0, 0.1) is 0 Å². The molecule has 2 heterocycles. The third-order valence-electron chi connectivity index (χ3n) is 2.12. The van der Waals surface area contributed by atoms with Gasteiger partial charge in [-0.3, -0.25) is 4.98 Å². The fourth-order valence-electron chi connectivity index (χ4n) is 1.46. The fraction of sp³-hybridized carbons (Fsp3) is 0.273. The third-order valence-corrected chi connectivity index (χ3v) is 4.41. The Morgan fingerprint density at radius 2 is 2.44 bits per heavy atom. The summed E-state index contributed by atoms with van der Waals surface area (Å²) in [5.74, 6) is -0.258. The van der Waals surface area contributed by atoms with Crippen molar-refractivity contribution in [3.8, 4) is 0 Å². The molecule has 0 unspecified atom stereocenters. The van der Waals surface area contributed by atoms with Gasteiger partial charge in [-0.05, 0) is 19.2 Å². The summed E-state index contributed by atoms with van der Waals surface area (Å²) in [5, 5.41) is 0.885. The van der Waals surface area contributed by atoms with Gasteiger partial charge in [0.2, 0.25) is 0 Å². The van der Waals surface area contributed by atoms with Crippen molar-refractivity contribution < 1.29 is 9.53 Å². The average molecular weight is 253 g/mol. The number of carbonyl (C=O) groups excluding carboxylic acids is 1. The standard InChI is InChI=1S/C11H11NO2S2/c1-3-14-10(13)9-7-6-12-5-4-8(7)16-11(9)15-2/h4-6H,3H2,1-2H3. The first-order valence-electron chi connectivity index (χ1n) is 4.85. The Bertz CT molecular complexity index is 522. The third kappa shape index (κ3) is 1.92. The first-order chi connectivity index (χ1) is 7.77. The van der Waals surface area contributed by atoms with E-state index in [4.69, 9.17) is 4.74 Å². The van der Waals surface area contributed by atoms with E-state index in [1.165, 1.54) is 0 Å². The largest absolute Gasteiger partial charge is 0.462 e. The molecule has 0 aliphatic heterocycles. The minimum Gasteiger partial charge on any atom is -0.462 e. The molecule has 0 aliphatic rings. The quantitative estimate of drug-likeness (QED) is 0.622. The summed E-state index contributed by atoms with van der Waals surface area (Å²) in [6, 6.07) is 1.92. The number of esters is 1. The highest BCUT2D eigenvalue weighted by Gasteiger charge is 2.19. The van der Waals surface area contributed by atoms with Crippen molar-refractivity contribution in [3.05, 3.63) is 24.0 Å². The molecule has 16 heavy (non-hydrogen) atoms. The number of ether oxygens (including phenoxy) is 1. The van der Waals surface area contributed by atoms with E-state index in [1.54, 1.807) is 35.5 Å². The van der Waals surface area contributed by atoms with E-state index in [9.17, 15) is 4.79 Å². The Kier molecular flexibility index (Phi) is 3.46. The number of hydrogen-bond acceptors (Lipinski definition) is 5. The van der Waals surface area contributed by atoms with Crippen LogP contribution in [0.2, 0.25) is 0 Å². The van der Waals surface area contributed by atoms with Gasteiger partial charge in [0.15, 0.2) is 0 Å². The predicted octanol–water partition coefficient (Wildman–Crippen LogP) is 3.19. The number of thiophene rings is 1. The van der Waals surface area contributed by atoms with Crippen LogP contribution < -0.4 is 0 Å². The predicted molar refractivity (Wildman–Crippen MR) is 67.4 cm³/mol. The number of rotatable bonds is 3. The Labute approximate surface area is 102 Å². The van der Waals surface area contributed by atoms with Crippen LogP contribution in [-0.4, -0.2) is 23.8 Å². The zero-order valence-electron chi connectivity index (χ0n) is 9.02. The number of fused-ring (bicyclic) bond motifs is 1. The Morgan fingerprint density at radius 1 is 1.62 bits per heavy atom. The second-order valence-corrected chi connectivity index (χ2v) is 5.19. The monoisotopic (exact) mass is 253 g/mol. The molecule has 0 aromatic carbocycles. The van der Waals surface area contributed by atoms with Crippen LogP contribution >= 0.6 is 23.1 Å². The van der Waals surface area contributed by atoms with Gasteiger partial charge in [-0.1, -0.05) is 0 Å². The van der Waals surface area contributed by atoms with E-state index in [-0.39, 0.29) is 5.97 Å². The van der Waals surface area contributed by atoms with E-state index in [1.807, 2.05) is 19.2 Å². The first kappa shape index (κ1) is 11.4. The highest BCUT2D eigenvalue weighted by atomic mass is 32.2. The highest BCUT2D eigenvalue weighted by molar-refractivity contribution is 8.00. The van der Waals surface area contributed by atoms with Crippen molar-refractivity contribution in [1.82, 2.24) is 4.98 Å². The van der Waals surface area contributed by atoms with Gasteiger partial charge in [0.1, 0.15) is 0 Å². The lowest BCUT2D eigenvalue weighted by Gasteiger charge is -2.01. The number of carbonyl (C=O) groups is 1. The summed E-state index contributed by atoms with van der Waals surface area (Å²) in [4.78, 5) is 15.9. The van der Waals surface area contributed by atoms with Crippen LogP contribution in [0.1, 0.15) is 17.3 Å². The number of pyridine rings is 1. The van der Waals surface area contributed by atoms with Gasteiger partial charge in [-0.25, -0.2) is 4.79 Å². The smallest absolute Gasteiger partial charge is 0.340 e. The van der Waals surface area contributed by atoms with Gasteiger partial charge < -0.3 is 4.74 Å². The van der Waals surface area contributed by atoms with Crippen molar-refractivity contribution in [1.29, 1.82) is 0 Å². The fourth-order valence-corrected chi connectivity index (χ4v) is 3.35. The van der Waals surface area contributed by atoms with Crippen molar-refractivity contribution in [2.45, 2.75) is 11.1 Å². The van der Waals surface area contributed by atoms with Crippen LogP contribution in [0.5, 0.6) is 0 Å². The molecule has 2 aromatic rings. The molecule has 0 saturated heterocycles. The maximum absolute atomic E-state index is 11.8. The average Bonchev–Trinajstić information content (AvgIpc) is 2.67. The molecule has 0 saturated carbocycles. The summed E-state index contributed by atoms with van der Waals surface area (Å²) in [7, 11) is 0. The maximum atomic E-state index is 11.8. The van der Waals surface area contributed by atoms with Crippen LogP contribution in [0.25, 0.3) is 10.1 Å². The summed E-state index contributed by atoms with van der Waals surface area (Å²) >= 11 is 3.17. The lowest BCUT2D eigenvalue weighted by atomic mass is 10.2. The summed E-state index contributed by atoms with van der Waals surface area (Å²) in [5.41, 5.74) is 0.655. The zero-order valence-corrected chi connectivity index (χ0v) is 10.7. The maximum Gasteiger partial charge on any atom is 0.340 e. The zero-order chi connectivity index (χ0) is 11.5. The van der Waals surface area contributed by atoms with Crippen molar-refractivity contribution in [2.75, 3.05) is 12.9 Å². The molecule has 0 N–H and O–H groups in total. The normalized spacial score (nSPS) is 10.6. The molecule has 5 heteroatoms. The Hall–Kier alpha value is -1.07. The lowest BCUT2D eigenvalue weighted by molar-refractivity contribution is 0.0525. The lowest BCUT2D eigenvalue weighted by Crippen LogP contribution is -2.04. The van der Waals surface area contributed by atoms with Crippen molar-refractivity contribution in [3.63, 3.8) is 0 Å². The van der Waals surface area contributed by atoms with E-state index in [0.717, 1.165) is 14.3 Å². The second kappa shape index (κ2) is 4.84. The molecule has 0 aliphatic carbocycles. The SMILES string of the molecule is CCOC(=O)c1c(SC)sc2ccncc12. The second-order valence-electron chi connectivity index (χ2n) is 3.06. The van der Waals surface area contributed by atoms with Crippen LogP contribution in [0.3, 0.4) is 0 Å². The first-order valence-corrected chi connectivity index (χ1v) is 6.89. The molecular weight excluding hydrogens is 242 g/mol. The van der Waals surface area contributed by atoms with Crippen molar-refractivity contribution in [2.24, 2.45) is 0 Å². The van der Waals surface area contributed by atoms with E-state index in [2.05, 4.69) is 4.98 Å². The Morgan fingerprint density at radius 3 is 3.12 bits per heavy atom. The van der Waals surface area contributed by atoms with E-state index >= 15 is 0 Å². The Balaban J connectivity index is 2.60. The number of hydrogen-bond donors (Lipinski definition) is 0. The van der Waals surface area contributed by atoms with E-state index in [0.29, 0.717) is 12.2 Å². The number of aromatic nitrogens is 1. The molecule has 2 aromatic heterocycles. The topological polar surface area (TPSA) is 39.2 Å². The van der Waals surface area contributed by atoms with Gasteiger partial charge in [-0.2, -0.15) is 0 Å². The number of thioether (sulfide) groups is 1. The molecule has 3 nitrogen and oxygen atoms in total. The molecule has 0 fully saturated rings. The molecule has 2 rings (SSSR count). The van der Waals surface area contributed by atoms with Crippen LogP contribution in [-0.2, 0) is 4.74 Å². The minimum atomic E-state index is -0.258. The van der Waals surface area contributed by atoms with Crippen LogP contribution in [0.15, 0.2) is 22.7 Å². The van der Waals surface area contributed by atoms with Gasteiger partial charge in [0, 0.05) is 22.5 Å². The van der Waals surface area contributed by atoms with Gasteiger partial charge in [0.25, 0.3) is 0 Å². The molecule has 84 valence electrons. The molecule has 0 bridgehead atoms. The number of nitrogens with zero attached hydrogens (tertiary/aromatic N) is 1. The van der Waals surface area contributed by atoms with E-state index < -0.39 is 0 Å².